The molecule has 1 aliphatic rings. The lowest BCUT2D eigenvalue weighted by atomic mass is 9.91. The monoisotopic (exact) mass is 436 g/mol. The number of rotatable bonds is 8. The third-order valence-corrected chi connectivity index (χ3v) is 5.78. The number of nitrogens with one attached hydrogen (secondary N) is 1. The Balaban J connectivity index is 1.30. The van der Waals surface area contributed by atoms with Gasteiger partial charge in [0.05, 0.1) is 25.5 Å². The highest BCUT2D eigenvalue weighted by atomic mass is 35.5. The van der Waals surface area contributed by atoms with Crippen molar-refractivity contribution in [3.8, 4) is 0 Å². The number of carbonyl (C=O) groups is 1. The van der Waals surface area contributed by atoms with Gasteiger partial charge in [0.25, 0.3) is 0 Å². The number of pyridine rings is 1. The second-order valence-corrected chi connectivity index (χ2v) is 8.02. The van der Waals surface area contributed by atoms with Gasteiger partial charge in [-0.2, -0.15) is 0 Å². The minimum atomic E-state index is -0.981. The fraction of sp³-hybridized carbons (Fsp3) is 0.292. The number of methoxy groups -OCH3 is 1. The summed E-state index contributed by atoms with van der Waals surface area (Å²) in [5.74, 6) is -0.330. The van der Waals surface area contributed by atoms with Gasteiger partial charge in [-0.15, -0.1) is 0 Å². The fourth-order valence-electron chi connectivity index (χ4n) is 3.91. The van der Waals surface area contributed by atoms with Gasteiger partial charge in [0.15, 0.2) is 0 Å². The van der Waals surface area contributed by atoms with Crippen LogP contribution < -0.4 is 5.32 Å². The first-order valence-electron chi connectivity index (χ1n) is 10.3. The molecule has 1 aromatic heterocycles. The average molecular weight is 437 g/mol. The number of halogens is 1. The van der Waals surface area contributed by atoms with E-state index in [-0.39, 0.29) is 5.97 Å². The van der Waals surface area contributed by atoms with E-state index >= 15 is 0 Å². The van der Waals surface area contributed by atoms with Crippen LogP contribution in [0.5, 0.6) is 0 Å². The summed E-state index contributed by atoms with van der Waals surface area (Å²) >= 11 is 6.06. The lowest BCUT2D eigenvalue weighted by Gasteiger charge is -2.26. The van der Waals surface area contributed by atoms with E-state index in [1.807, 2.05) is 54.6 Å². The largest absolute Gasteiger partial charge is 0.467 e. The summed E-state index contributed by atoms with van der Waals surface area (Å²) in [4.78, 5) is 23.6. The van der Waals surface area contributed by atoms with Crippen LogP contribution in [0.2, 0.25) is 5.02 Å². The number of ether oxygens (including phenoxy) is 1. The molecule has 3 aromatic rings. The van der Waals surface area contributed by atoms with Gasteiger partial charge < -0.3 is 15.0 Å². The SMILES string of the molecule is COC(=O)C1(c2ccccc2)CN(CCCCNc2ccnc3cc(Cl)ccc23)C=N1. The molecule has 1 aliphatic heterocycles. The quantitative estimate of drug-likeness (QED) is 0.416. The minimum Gasteiger partial charge on any atom is -0.467 e. The number of fused-ring (bicyclic) bond motifs is 1. The van der Waals surface area contributed by atoms with Crippen molar-refractivity contribution in [1.82, 2.24) is 9.88 Å². The van der Waals surface area contributed by atoms with Crippen molar-refractivity contribution in [1.29, 1.82) is 0 Å². The van der Waals surface area contributed by atoms with Gasteiger partial charge in [0.2, 0.25) is 5.54 Å². The third kappa shape index (κ3) is 4.49. The van der Waals surface area contributed by atoms with Crippen molar-refractivity contribution in [2.45, 2.75) is 18.4 Å². The molecule has 0 spiro atoms. The molecule has 4 rings (SSSR count). The summed E-state index contributed by atoms with van der Waals surface area (Å²) in [5, 5.41) is 5.24. The first kappa shape index (κ1) is 21.1. The molecule has 0 radical (unpaired) electrons. The highest BCUT2D eigenvalue weighted by Gasteiger charge is 2.45. The van der Waals surface area contributed by atoms with Crippen LogP contribution in [0.25, 0.3) is 10.9 Å². The van der Waals surface area contributed by atoms with Gasteiger partial charge in [-0.1, -0.05) is 41.9 Å². The number of aliphatic imine (C=N–C) groups is 1. The summed E-state index contributed by atoms with van der Waals surface area (Å²) in [6, 6.07) is 17.3. The maximum atomic E-state index is 12.6. The predicted molar refractivity (Wildman–Crippen MR) is 125 cm³/mol. The van der Waals surface area contributed by atoms with Gasteiger partial charge in [-0.05, 0) is 42.7 Å². The lowest BCUT2D eigenvalue weighted by molar-refractivity contribution is -0.147. The average Bonchev–Trinajstić information content (AvgIpc) is 3.24. The number of anilines is 1. The highest BCUT2D eigenvalue weighted by molar-refractivity contribution is 6.31. The number of unbranched alkanes of at least 4 members (excludes halogenated alkanes) is 1. The van der Waals surface area contributed by atoms with Crippen LogP contribution in [0.4, 0.5) is 5.69 Å². The van der Waals surface area contributed by atoms with Crippen LogP contribution in [0.3, 0.4) is 0 Å². The molecule has 0 saturated carbocycles. The van der Waals surface area contributed by atoms with Crippen LogP contribution in [0, 0.1) is 0 Å². The summed E-state index contributed by atoms with van der Waals surface area (Å²) in [5.41, 5.74) is 1.81. The molecular weight excluding hydrogens is 412 g/mol. The Hall–Kier alpha value is -3.12. The van der Waals surface area contributed by atoms with Gasteiger partial charge in [0.1, 0.15) is 0 Å². The van der Waals surface area contributed by atoms with Crippen molar-refractivity contribution in [2.24, 2.45) is 4.99 Å². The first-order chi connectivity index (χ1) is 15.1. The maximum Gasteiger partial charge on any atom is 0.340 e. The number of nitrogens with zero attached hydrogens (tertiary/aromatic N) is 3. The van der Waals surface area contributed by atoms with E-state index < -0.39 is 5.54 Å². The standard InChI is InChI=1S/C24H25ClN4O2/c1-31-23(30)24(18-7-3-2-4-8-18)16-29(17-28-24)14-6-5-12-26-21-11-13-27-22-15-19(25)9-10-20(21)22/h2-4,7-11,13,15,17H,5-6,12,14,16H2,1H3,(H,26,27). The van der Waals surface area contributed by atoms with Crippen molar-refractivity contribution in [3.05, 3.63) is 71.4 Å². The molecule has 0 amide bonds. The van der Waals surface area contributed by atoms with Gasteiger partial charge in [-0.3, -0.25) is 9.98 Å². The zero-order chi connectivity index (χ0) is 21.7. The number of esters is 1. The molecule has 1 N–H and O–H groups in total. The minimum absolute atomic E-state index is 0.330. The Bertz CT molecular complexity index is 1090. The zero-order valence-corrected chi connectivity index (χ0v) is 18.2. The Labute approximate surface area is 186 Å². The van der Waals surface area contributed by atoms with E-state index in [1.54, 1.807) is 12.5 Å². The van der Waals surface area contributed by atoms with Crippen LogP contribution in [0.1, 0.15) is 18.4 Å². The van der Waals surface area contributed by atoms with E-state index in [1.165, 1.54) is 7.11 Å². The molecule has 7 heteroatoms. The number of carbonyl (C=O) groups excluding carboxylic acids is 1. The molecule has 160 valence electrons. The molecule has 0 aliphatic carbocycles. The van der Waals surface area contributed by atoms with Crippen molar-refractivity contribution in [2.75, 3.05) is 32.1 Å². The molecule has 6 nitrogen and oxygen atoms in total. The van der Waals surface area contributed by atoms with Crippen LogP contribution in [-0.2, 0) is 15.1 Å². The van der Waals surface area contributed by atoms with Crippen molar-refractivity contribution < 1.29 is 9.53 Å². The molecule has 0 bridgehead atoms. The first-order valence-corrected chi connectivity index (χ1v) is 10.7. The Morgan fingerprint density at radius 3 is 2.84 bits per heavy atom. The van der Waals surface area contributed by atoms with Gasteiger partial charge in [-0.25, -0.2) is 4.79 Å². The van der Waals surface area contributed by atoms with E-state index in [2.05, 4.69) is 20.2 Å². The maximum absolute atomic E-state index is 12.6. The number of hydrogen-bond donors (Lipinski definition) is 1. The lowest BCUT2D eigenvalue weighted by Crippen LogP contribution is -2.40. The molecule has 2 heterocycles. The van der Waals surface area contributed by atoms with Crippen molar-refractivity contribution in [3.63, 3.8) is 0 Å². The molecule has 2 aromatic carbocycles. The van der Waals surface area contributed by atoms with Crippen LogP contribution in [0.15, 0.2) is 65.8 Å². The summed E-state index contributed by atoms with van der Waals surface area (Å²) in [6.45, 7) is 2.16. The normalized spacial score (nSPS) is 17.8. The van der Waals surface area contributed by atoms with Gasteiger partial charge in [0, 0.05) is 35.4 Å². The molecule has 31 heavy (non-hydrogen) atoms. The molecule has 0 fully saturated rings. The second kappa shape index (κ2) is 9.35. The van der Waals surface area contributed by atoms with E-state index in [0.717, 1.165) is 48.1 Å². The molecule has 0 saturated heterocycles. The van der Waals surface area contributed by atoms with E-state index in [4.69, 9.17) is 16.3 Å². The zero-order valence-electron chi connectivity index (χ0n) is 17.4. The Kier molecular flexibility index (Phi) is 6.37. The molecular formula is C24H25ClN4O2. The Morgan fingerprint density at radius 2 is 2.03 bits per heavy atom. The number of benzene rings is 2. The number of aromatic nitrogens is 1. The van der Waals surface area contributed by atoms with E-state index in [9.17, 15) is 4.79 Å². The summed E-state index contributed by atoms with van der Waals surface area (Å²) in [6.07, 6.45) is 5.52. The van der Waals surface area contributed by atoms with Crippen molar-refractivity contribution >= 4 is 40.5 Å². The Morgan fingerprint density at radius 1 is 1.19 bits per heavy atom. The van der Waals surface area contributed by atoms with E-state index in [0.29, 0.717) is 11.6 Å². The smallest absolute Gasteiger partial charge is 0.340 e. The molecule has 1 atom stereocenters. The third-order valence-electron chi connectivity index (χ3n) is 5.54. The topological polar surface area (TPSA) is 66.8 Å². The van der Waals surface area contributed by atoms with Crippen LogP contribution in [-0.4, -0.2) is 48.9 Å². The van der Waals surface area contributed by atoms with Crippen LogP contribution >= 0.6 is 11.6 Å². The second-order valence-electron chi connectivity index (χ2n) is 7.59. The fourth-order valence-corrected chi connectivity index (χ4v) is 4.08. The van der Waals surface area contributed by atoms with Gasteiger partial charge >= 0.3 is 5.97 Å². The summed E-state index contributed by atoms with van der Waals surface area (Å²) in [7, 11) is 1.41. The molecule has 1 unspecified atom stereocenters. The number of hydrogen-bond acceptors (Lipinski definition) is 6. The summed E-state index contributed by atoms with van der Waals surface area (Å²) < 4.78 is 5.07. The highest BCUT2D eigenvalue weighted by Crippen LogP contribution is 2.32. The predicted octanol–water partition coefficient (Wildman–Crippen LogP) is 4.49.